The fourth-order valence-corrected chi connectivity index (χ4v) is 3.40. The van der Waals surface area contributed by atoms with Gasteiger partial charge in [0.1, 0.15) is 0 Å². The second kappa shape index (κ2) is 4.22. The van der Waals surface area contributed by atoms with Crippen LogP contribution in [0.3, 0.4) is 0 Å². The summed E-state index contributed by atoms with van der Waals surface area (Å²) >= 11 is 3.73. The molecule has 3 heteroatoms. The molecule has 0 aliphatic carbocycles. The summed E-state index contributed by atoms with van der Waals surface area (Å²) in [6.07, 6.45) is 1.21. The maximum absolute atomic E-state index is 3.42. The van der Waals surface area contributed by atoms with Crippen molar-refractivity contribution < 1.29 is 0 Å². The molecule has 2 aromatic heterocycles. The first-order valence-electron chi connectivity index (χ1n) is 4.57. The fraction of sp³-hybridized carbons (Fsp3) is 0.400. The van der Waals surface area contributed by atoms with Crippen molar-refractivity contribution in [3.63, 3.8) is 0 Å². The summed E-state index contributed by atoms with van der Waals surface area (Å²) in [5, 5.41) is 5.57. The van der Waals surface area contributed by atoms with Gasteiger partial charge in [0.05, 0.1) is 0 Å². The van der Waals surface area contributed by atoms with Crippen molar-refractivity contribution in [1.29, 1.82) is 0 Å². The highest BCUT2D eigenvalue weighted by atomic mass is 32.1. The molecule has 2 aromatic rings. The lowest BCUT2D eigenvalue weighted by Crippen LogP contribution is -2.12. The molecule has 0 spiro atoms. The molecule has 0 amide bonds. The summed E-state index contributed by atoms with van der Waals surface area (Å²) in [5.74, 6) is 0. The van der Waals surface area contributed by atoms with E-state index in [0.29, 0.717) is 0 Å². The van der Waals surface area contributed by atoms with Crippen LogP contribution >= 0.6 is 22.7 Å². The third-order valence-corrected chi connectivity index (χ3v) is 4.01. The highest BCUT2D eigenvalue weighted by molar-refractivity contribution is 7.26. The molecule has 1 nitrogen and oxygen atoms in total. The summed E-state index contributed by atoms with van der Waals surface area (Å²) in [5.41, 5.74) is 0. The van der Waals surface area contributed by atoms with E-state index in [1.165, 1.54) is 20.7 Å². The molecule has 0 aliphatic rings. The molecular weight excluding hydrogens is 198 g/mol. The van der Waals surface area contributed by atoms with Gasteiger partial charge in [-0.15, -0.1) is 22.7 Å². The van der Waals surface area contributed by atoms with Gasteiger partial charge in [0.15, 0.2) is 0 Å². The monoisotopic (exact) mass is 211 g/mol. The van der Waals surface area contributed by atoms with Crippen LogP contribution in [0, 0.1) is 0 Å². The van der Waals surface area contributed by atoms with Gasteiger partial charge < -0.3 is 5.32 Å². The maximum Gasteiger partial charge on any atom is 0.0453 e. The smallest absolute Gasteiger partial charge is 0.0453 e. The van der Waals surface area contributed by atoms with Gasteiger partial charge in [-0.1, -0.05) is 6.92 Å². The Labute approximate surface area is 86.4 Å². The molecule has 0 atom stereocenters. The first-order chi connectivity index (χ1) is 6.40. The molecule has 1 N–H and O–H groups in total. The molecule has 0 radical (unpaired) electrons. The van der Waals surface area contributed by atoms with Gasteiger partial charge in [-0.3, -0.25) is 0 Å². The molecule has 13 heavy (non-hydrogen) atoms. The van der Waals surface area contributed by atoms with Gasteiger partial charge in [-0.25, -0.2) is 0 Å². The number of nitrogens with one attached hydrogen (secondary N) is 1. The summed E-state index contributed by atoms with van der Waals surface area (Å²) < 4.78 is 2.86. The van der Waals surface area contributed by atoms with Crippen molar-refractivity contribution in [2.24, 2.45) is 0 Å². The van der Waals surface area contributed by atoms with Crippen molar-refractivity contribution in [2.45, 2.75) is 19.9 Å². The van der Waals surface area contributed by atoms with Crippen LogP contribution in [0.25, 0.3) is 9.40 Å². The Kier molecular flexibility index (Phi) is 2.98. The zero-order chi connectivity index (χ0) is 9.10. The van der Waals surface area contributed by atoms with Crippen LogP contribution in [0.4, 0.5) is 0 Å². The lowest BCUT2D eigenvalue weighted by Gasteiger charge is -1.98. The third kappa shape index (κ3) is 2.10. The zero-order valence-corrected chi connectivity index (χ0v) is 9.30. The van der Waals surface area contributed by atoms with Crippen molar-refractivity contribution >= 4 is 32.1 Å². The minimum Gasteiger partial charge on any atom is -0.312 e. The van der Waals surface area contributed by atoms with Crippen molar-refractivity contribution in [3.8, 4) is 0 Å². The molecular formula is C10H13NS2. The van der Waals surface area contributed by atoms with Crippen LogP contribution < -0.4 is 5.32 Å². The first kappa shape index (κ1) is 9.19. The highest BCUT2D eigenvalue weighted by Gasteiger charge is 2.01. The summed E-state index contributed by atoms with van der Waals surface area (Å²) in [4.78, 5) is 1.45. The van der Waals surface area contributed by atoms with E-state index in [4.69, 9.17) is 0 Å². The molecule has 0 saturated heterocycles. The van der Waals surface area contributed by atoms with E-state index < -0.39 is 0 Å². The van der Waals surface area contributed by atoms with Gasteiger partial charge >= 0.3 is 0 Å². The Morgan fingerprint density at radius 3 is 3.08 bits per heavy atom. The fourth-order valence-electron chi connectivity index (χ4n) is 1.29. The topological polar surface area (TPSA) is 12.0 Å². The van der Waals surface area contributed by atoms with E-state index in [1.807, 2.05) is 22.7 Å². The molecule has 0 unspecified atom stereocenters. The van der Waals surface area contributed by atoms with E-state index >= 15 is 0 Å². The Morgan fingerprint density at radius 1 is 1.38 bits per heavy atom. The van der Waals surface area contributed by atoms with Gasteiger partial charge in [0.25, 0.3) is 0 Å². The van der Waals surface area contributed by atoms with Gasteiger partial charge in [0.2, 0.25) is 0 Å². The van der Waals surface area contributed by atoms with Gasteiger partial charge in [0, 0.05) is 20.8 Å². The minimum atomic E-state index is 1.03. The summed E-state index contributed by atoms with van der Waals surface area (Å²) in [7, 11) is 0. The Morgan fingerprint density at radius 2 is 2.31 bits per heavy atom. The first-order valence-corrected chi connectivity index (χ1v) is 6.26. The number of rotatable bonds is 4. The van der Waals surface area contributed by atoms with Gasteiger partial charge in [-0.2, -0.15) is 0 Å². The van der Waals surface area contributed by atoms with Crippen LogP contribution in [-0.2, 0) is 6.54 Å². The third-order valence-electron chi connectivity index (χ3n) is 1.92. The average molecular weight is 211 g/mol. The normalized spacial score (nSPS) is 11.2. The van der Waals surface area contributed by atoms with Crippen LogP contribution in [0.15, 0.2) is 17.5 Å². The number of fused-ring (bicyclic) bond motifs is 1. The number of hydrogen-bond acceptors (Lipinski definition) is 3. The SMILES string of the molecule is CCCNCc1cc2sccc2s1. The minimum absolute atomic E-state index is 1.03. The largest absolute Gasteiger partial charge is 0.312 e. The van der Waals surface area contributed by atoms with Crippen LogP contribution in [0.2, 0.25) is 0 Å². The van der Waals surface area contributed by atoms with Crippen molar-refractivity contribution in [1.82, 2.24) is 5.32 Å². The van der Waals surface area contributed by atoms with E-state index in [0.717, 1.165) is 13.1 Å². The summed E-state index contributed by atoms with van der Waals surface area (Å²) in [6.45, 7) is 4.34. The maximum atomic E-state index is 3.42. The Hall–Kier alpha value is -0.380. The van der Waals surface area contributed by atoms with E-state index in [1.54, 1.807) is 0 Å². The summed E-state index contributed by atoms with van der Waals surface area (Å²) in [6, 6.07) is 4.50. The average Bonchev–Trinajstić information content (AvgIpc) is 2.64. The van der Waals surface area contributed by atoms with E-state index in [9.17, 15) is 0 Å². The predicted molar refractivity (Wildman–Crippen MR) is 61.7 cm³/mol. The molecule has 0 aliphatic heterocycles. The van der Waals surface area contributed by atoms with Gasteiger partial charge in [-0.05, 0) is 30.5 Å². The second-order valence-electron chi connectivity index (χ2n) is 3.04. The molecule has 70 valence electrons. The molecule has 0 fully saturated rings. The molecule has 2 rings (SSSR count). The van der Waals surface area contributed by atoms with Crippen LogP contribution in [0.5, 0.6) is 0 Å². The number of hydrogen-bond donors (Lipinski definition) is 1. The van der Waals surface area contributed by atoms with Crippen LogP contribution in [0.1, 0.15) is 18.2 Å². The quantitative estimate of drug-likeness (QED) is 0.764. The zero-order valence-electron chi connectivity index (χ0n) is 7.67. The molecule has 0 bridgehead atoms. The Balaban J connectivity index is 2.03. The van der Waals surface area contributed by atoms with Crippen molar-refractivity contribution in [3.05, 3.63) is 22.4 Å². The lowest BCUT2D eigenvalue weighted by atomic mass is 10.4. The standard InChI is InChI=1S/C10H13NS2/c1-2-4-11-7-8-6-10-9(13-8)3-5-12-10/h3,5-6,11H,2,4,7H2,1H3. The highest BCUT2D eigenvalue weighted by Crippen LogP contribution is 2.29. The molecule has 0 aromatic carbocycles. The number of thiophene rings is 2. The van der Waals surface area contributed by atoms with E-state index in [-0.39, 0.29) is 0 Å². The van der Waals surface area contributed by atoms with Crippen molar-refractivity contribution in [2.75, 3.05) is 6.54 Å². The Bertz CT molecular complexity index is 346. The molecule has 0 saturated carbocycles. The molecule has 2 heterocycles. The van der Waals surface area contributed by atoms with E-state index in [2.05, 4.69) is 29.8 Å². The second-order valence-corrected chi connectivity index (χ2v) is 5.15. The van der Waals surface area contributed by atoms with Crippen LogP contribution in [-0.4, -0.2) is 6.54 Å². The predicted octanol–water partition coefficient (Wildman–Crippen LogP) is 3.46. The lowest BCUT2D eigenvalue weighted by molar-refractivity contribution is 0.682.